The zero-order valence-corrected chi connectivity index (χ0v) is 12.8. The highest BCUT2D eigenvalue weighted by molar-refractivity contribution is 5.79. The van der Waals surface area contributed by atoms with E-state index in [2.05, 4.69) is 20.6 Å². The van der Waals surface area contributed by atoms with Gasteiger partial charge < -0.3 is 9.47 Å². The molecule has 1 fully saturated rings. The van der Waals surface area contributed by atoms with Gasteiger partial charge in [-0.25, -0.2) is 4.98 Å². The van der Waals surface area contributed by atoms with E-state index in [1.54, 1.807) is 12.4 Å². The summed E-state index contributed by atoms with van der Waals surface area (Å²) in [6.45, 7) is 1.55. The number of benzene rings is 1. The number of carbonyl (C=O) groups is 1. The smallest absolute Gasteiger partial charge is 0.227 e. The van der Waals surface area contributed by atoms with Crippen molar-refractivity contribution in [1.82, 2.24) is 19.4 Å². The van der Waals surface area contributed by atoms with Crippen molar-refractivity contribution in [3.8, 4) is 0 Å². The standard InChI is InChI=1S/C18H18N4O/c23-18(10-14-4-3-8-19-11-14)21-9-7-15(12-21)22-13-20-16-5-1-2-6-17(16)22/h1-6,8,11,13,15H,7,9-10,12H2/t15-/m0/s1. The van der Waals surface area contributed by atoms with E-state index in [1.807, 2.05) is 41.6 Å². The van der Waals surface area contributed by atoms with Gasteiger partial charge in [0.05, 0.1) is 29.8 Å². The molecule has 0 radical (unpaired) electrons. The summed E-state index contributed by atoms with van der Waals surface area (Å²) in [7, 11) is 0. The Morgan fingerprint density at radius 1 is 1.22 bits per heavy atom. The summed E-state index contributed by atoms with van der Waals surface area (Å²) < 4.78 is 2.20. The summed E-state index contributed by atoms with van der Waals surface area (Å²) in [6.07, 6.45) is 6.77. The Hall–Kier alpha value is -2.69. The number of para-hydroxylation sites is 2. The predicted molar refractivity (Wildman–Crippen MR) is 87.9 cm³/mol. The molecule has 0 aliphatic carbocycles. The number of fused-ring (bicyclic) bond motifs is 1. The van der Waals surface area contributed by atoms with Crippen LogP contribution in [0.2, 0.25) is 0 Å². The van der Waals surface area contributed by atoms with Crippen molar-refractivity contribution in [1.29, 1.82) is 0 Å². The van der Waals surface area contributed by atoms with E-state index in [0.717, 1.165) is 36.1 Å². The number of nitrogens with zero attached hydrogens (tertiary/aromatic N) is 4. The molecule has 1 saturated heterocycles. The number of pyridine rings is 1. The molecule has 2 aromatic heterocycles. The molecule has 1 aliphatic heterocycles. The van der Waals surface area contributed by atoms with Gasteiger partial charge in [0, 0.05) is 25.5 Å². The van der Waals surface area contributed by atoms with Gasteiger partial charge in [-0.3, -0.25) is 9.78 Å². The van der Waals surface area contributed by atoms with Gasteiger partial charge in [-0.15, -0.1) is 0 Å². The molecular weight excluding hydrogens is 288 g/mol. The number of imidazole rings is 1. The Morgan fingerprint density at radius 3 is 3.00 bits per heavy atom. The summed E-state index contributed by atoms with van der Waals surface area (Å²) in [5.74, 6) is 0.171. The largest absolute Gasteiger partial charge is 0.340 e. The first-order valence-corrected chi connectivity index (χ1v) is 7.89. The lowest BCUT2D eigenvalue weighted by Gasteiger charge is -2.17. The topological polar surface area (TPSA) is 51.0 Å². The van der Waals surface area contributed by atoms with Crippen LogP contribution >= 0.6 is 0 Å². The number of amides is 1. The fourth-order valence-corrected chi connectivity index (χ4v) is 3.25. The van der Waals surface area contributed by atoms with Gasteiger partial charge in [-0.05, 0) is 30.2 Å². The van der Waals surface area contributed by atoms with Crippen LogP contribution in [0.25, 0.3) is 11.0 Å². The molecular formula is C18H18N4O. The van der Waals surface area contributed by atoms with Crippen molar-refractivity contribution in [2.45, 2.75) is 18.9 Å². The minimum Gasteiger partial charge on any atom is -0.340 e. The molecule has 0 spiro atoms. The Kier molecular flexibility index (Phi) is 3.54. The van der Waals surface area contributed by atoms with Gasteiger partial charge in [-0.2, -0.15) is 0 Å². The van der Waals surface area contributed by atoms with Crippen LogP contribution in [0, 0.1) is 0 Å². The molecule has 116 valence electrons. The fourth-order valence-electron chi connectivity index (χ4n) is 3.25. The molecule has 1 amide bonds. The van der Waals surface area contributed by atoms with Crippen LogP contribution < -0.4 is 0 Å². The van der Waals surface area contributed by atoms with Crippen LogP contribution in [-0.4, -0.2) is 38.4 Å². The molecule has 0 N–H and O–H groups in total. The number of aromatic nitrogens is 3. The predicted octanol–water partition coefficient (Wildman–Crippen LogP) is 2.45. The van der Waals surface area contributed by atoms with Crippen LogP contribution in [0.5, 0.6) is 0 Å². The number of hydrogen-bond donors (Lipinski definition) is 0. The van der Waals surface area contributed by atoms with Gasteiger partial charge in [-0.1, -0.05) is 18.2 Å². The first-order valence-electron chi connectivity index (χ1n) is 7.89. The van der Waals surface area contributed by atoms with E-state index in [1.165, 1.54) is 0 Å². The third-order valence-electron chi connectivity index (χ3n) is 4.47. The lowest BCUT2D eigenvalue weighted by Crippen LogP contribution is -2.30. The highest BCUT2D eigenvalue weighted by Crippen LogP contribution is 2.26. The van der Waals surface area contributed by atoms with E-state index in [4.69, 9.17) is 0 Å². The molecule has 1 aliphatic rings. The van der Waals surface area contributed by atoms with Crippen LogP contribution in [0.15, 0.2) is 55.1 Å². The van der Waals surface area contributed by atoms with E-state index in [-0.39, 0.29) is 5.91 Å². The average molecular weight is 306 g/mol. The maximum Gasteiger partial charge on any atom is 0.227 e. The van der Waals surface area contributed by atoms with Crippen LogP contribution in [0.4, 0.5) is 0 Å². The molecule has 0 saturated carbocycles. The summed E-state index contributed by atoms with van der Waals surface area (Å²) >= 11 is 0. The number of carbonyl (C=O) groups excluding carboxylic acids is 1. The molecule has 23 heavy (non-hydrogen) atoms. The quantitative estimate of drug-likeness (QED) is 0.747. The molecule has 5 heteroatoms. The second-order valence-corrected chi connectivity index (χ2v) is 5.96. The van der Waals surface area contributed by atoms with Gasteiger partial charge in [0.1, 0.15) is 0 Å². The zero-order chi connectivity index (χ0) is 15.6. The highest BCUT2D eigenvalue weighted by Gasteiger charge is 2.28. The second-order valence-electron chi connectivity index (χ2n) is 5.96. The highest BCUT2D eigenvalue weighted by atomic mass is 16.2. The molecule has 1 aromatic carbocycles. The third-order valence-corrected chi connectivity index (χ3v) is 4.47. The van der Waals surface area contributed by atoms with Crippen molar-refractivity contribution in [3.63, 3.8) is 0 Å². The molecule has 3 aromatic rings. The lowest BCUT2D eigenvalue weighted by molar-refractivity contribution is -0.129. The zero-order valence-electron chi connectivity index (χ0n) is 12.8. The van der Waals surface area contributed by atoms with E-state index in [0.29, 0.717) is 12.5 Å². The number of rotatable bonds is 3. The van der Waals surface area contributed by atoms with E-state index < -0.39 is 0 Å². The first-order chi connectivity index (χ1) is 11.3. The summed E-state index contributed by atoms with van der Waals surface area (Å²) in [5, 5.41) is 0. The molecule has 1 atom stereocenters. The normalized spacial score (nSPS) is 17.7. The van der Waals surface area contributed by atoms with Crippen LogP contribution in [0.1, 0.15) is 18.0 Å². The summed E-state index contributed by atoms with van der Waals surface area (Å²) in [6, 6.07) is 12.3. The van der Waals surface area contributed by atoms with Crippen LogP contribution in [-0.2, 0) is 11.2 Å². The average Bonchev–Trinajstić information content (AvgIpc) is 3.22. The van der Waals surface area contributed by atoms with Gasteiger partial charge in [0.15, 0.2) is 0 Å². The maximum atomic E-state index is 12.5. The lowest BCUT2D eigenvalue weighted by atomic mass is 10.2. The van der Waals surface area contributed by atoms with Gasteiger partial charge in [0.2, 0.25) is 5.91 Å². The van der Waals surface area contributed by atoms with Gasteiger partial charge >= 0.3 is 0 Å². The second kappa shape index (κ2) is 5.83. The molecule has 3 heterocycles. The van der Waals surface area contributed by atoms with Crippen molar-refractivity contribution in [2.75, 3.05) is 13.1 Å². The van der Waals surface area contributed by atoms with Crippen molar-refractivity contribution in [2.24, 2.45) is 0 Å². The fraction of sp³-hybridized carbons (Fsp3) is 0.278. The van der Waals surface area contributed by atoms with Crippen LogP contribution in [0.3, 0.4) is 0 Å². The SMILES string of the molecule is O=C(Cc1cccnc1)N1CC[C@H](n2cnc3ccccc32)C1. The first kappa shape index (κ1) is 13.9. The number of hydrogen-bond acceptors (Lipinski definition) is 3. The summed E-state index contributed by atoms with van der Waals surface area (Å²) in [4.78, 5) is 22.9. The third kappa shape index (κ3) is 2.70. The van der Waals surface area contributed by atoms with Crippen molar-refractivity contribution in [3.05, 3.63) is 60.7 Å². The minimum absolute atomic E-state index is 0.171. The van der Waals surface area contributed by atoms with Crippen molar-refractivity contribution >= 4 is 16.9 Å². The molecule has 5 nitrogen and oxygen atoms in total. The maximum absolute atomic E-state index is 12.5. The Labute approximate surface area is 134 Å². The Morgan fingerprint density at radius 2 is 2.13 bits per heavy atom. The summed E-state index contributed by atoms with van der Waals surface area (Å²) in [5.41, 5.74) is 3.11. The van der Waals surface area contributed by atoms with Gasteiger partial charge in [0.25, 0.3) is 0 Å². The van der Waals surface area contributed by atoms with E-state index >= 15 is 0 Å². The molecule has 0 bridgehead atoms. The molecule has 0 unspecified atom stereocenters. The Bertz CT molecular complexity index is 827. The monoisotopic (exact) mass is 306 g/mol. The minimum atomic E-state index is 0.171. The van der Waals surface area contributed by atoms with Crippen molar-refractivity contribution < 1.29 is 4.79 Å². The number of likely N-dealkylation sites (tertiary alicyclic amines) is 1. The Balaban J connectivity index is 1.48. The molecule has 4 rings (SSSR count). The van der Waals surface area contributed by atoms with E-state index in [9.17, 15) is 4.79 Å².